The van der Waals surface area contributed by atoms with Crippen molar-refractivity contribution in [2.24, 2.45) is 5.92 Å². The molecule has 1 amide bonds. The fourth-order valence-corrected chi connectivity index (χ4v) is 3.11. The molecule has 3 rings (SSSR count). The van der Waals surface area contributed by atoms with Crippen LogP contribution in [-0.4, -0.2) is 33.2 Å². The van der Waals surface area contributed by atoms with Crippen molar-refractivity contribution in [1.29, 1.82) is 0 Å². The number of aryl methyl sites for hydroxylation is 1. The predicted molar refractivity (Wildman–Crippen MR) is 80.7 cm³/mol. The molecule has 1 atom stereocenters. The molecule has 0 saturated heterocycles. The first-order valence-corrected chi connectivity index (χ1v) is 8.46. The van der Waals surface area contributed by atoms with Gasteiger partial charge in [-0.15, -0.1) is 0 Å². The standard InChI is InChI=1S/C16H23N3O4/c20-13(17-12(16(21)22)9-10-5-6-10)7-8-14-18-15(19-23-14)11-3-1-2-4-11/h10-12H,1-9H2,(H,17,20)(H,21,22). The number of rotatable bonds is 8. The van der Waals surface area contributed by atoms with Crippen LogP contribution in [0.1, 0.15) is 69.0 Å². The summed E-state index contributed by atoms with van der Waals surface area (Å²) in [5, 5.41) is 15.7. The number of aliphatic carboxylic acids is 1. The van der Waals surface area contributed by atoms with Gasteiger partial charge in [-0.2, -0.15) is 4.98 Å². The quantitative estimate of drug-likeness (QED) is 0.759. The van der Waals surface area contributed by atoms with Crippen molar-refractivity contribution >= 4 is 11.9 Å². The van der Waals surface area contributed by atoms with Crippen LogP contribution in [0.15, 0.2) is 4.52 Å². The third kappa shape index (κ3) is 4.53. The van der Waals surface area contributed by atoms with E-state index in [4.69, 9.17) is 9.63 Å². The lowest BCUT2D eigenvalue weighted by atomic mass is 10.1. The van der Waals surface area contributed by atoms with Gasteiger partial charge in [-0.3, -0.25) is 4.79 Å². The van der Waals surface area contributed by atoms with E-state index in [-0.39, 0.29) is 12.3 Å². The van der Waals surface area contributed by atoms with Gasteiger partial charge in [0.2, 0.25) is 11.8 Å². The molecule has 1 aromatic rings. The van der Waals surface area contributed by atoms with Crippen LogP contribution in [0.5, 0.6) is 0 Å². The van der Waals surface area contributed by atoms with Crippen LogP contribution < -0.4 is 5.32 Å². The van der Waals surface area contributed by atoms with Gasteiger partial charge < -0.3 is 14.9 Å². The fraction of sp³-hybridized carbons (Fsp3) is 0.750. The third-order valence-corrected chi connectivity index (χ3v) is 4.67. The molecular weight excluding hydrogens is 298 g/mol. The number of nitrogens with zero attached hydrogens (tertiary/aromatic N) is 2. The van der Waals surface area contributed by atoms with Gasteiger partial charge in [0, 0.05) is 18.8 Å². The molecule has 0 aliphatic heterocycles. The van der Waals surface area contributed by atoms with E-state index in [0.29, 0.717) is 30.6 Å². The van der Waals surface area contributed by atoms with Gasteiger partial charge in [0.25, 0.3) is 0 Å². The zero-order valence-corrected chi connectivity index (χ0v) is 13.2. The Balaban J connectivity index is 1.45. The zero-order valence-electron chi connectivity index (χ0n) is 13.2. The predicted octanol–water partition coefficient (Wildman–Crippen LogP) is 2.03. The summed E-state index contributed by atoms with van der Waals surface area (Å²) in [6.45, 7) is 0. The zero-order chi connectivity index (χ0) is 16.2. The molecule has 0 bridgehead atoms. The number of aromatic nitrogens is 2. The molecule has 0 aromatic carbocycles. The number of hydrogen-bond donors (Lipinski definition) is 2. The molecule has 126 valence electrons. The maximum absolute atomic E-state index is 11.9. The van der Waals surface area contributed by atoms with Crippen molar-refractivity contribution in [3.05, 3.63) is 11.7 Å². The van der Waals surface area contributed by atoms with Crippen LogP contribution in [0, 0.1) is 5.92 Å². The first kappa shape index (κ1) is 16.0. The molecule has 0 radical (unpaired) electrons. The molecular formula is C16H23N3O4. The van der Waals surface area contributed by atoms with Crippen molar-refractivity contribution in [2.75, 3.05) is 0 Å². The lowest BCUT2D eigenvalue weighted by molar-refractivity contribution is -0.142. The largest absolute Gasteiger partial charge is 0.480 e. The topological polar surface area (TPSA) is 105 Å². The number of carbonyl (C=O) groups is 2. The maximum Gasteiger partial charge on any atom is 0.326 e. The van der Waals surface area contributed by atoms with Crippen molar-refractivity contribution in [1.82, 2.24) is 15.5 Å². The van der Waals surface area contributed by atoms with Gasteiger partial charge in [0.1, 0.15) is 6.04 Å². The first-order chi connectivity index (χ1) is 11.1. The van der Waals surface area contributed by atoms with Gasteiger partial charge in [-0.1, -0.05) is 30.8 Å². The first-order valence-electron chi connectivity index (χ1n) is 8.46. The van der Waals surface area contributed by atoms with Crippen LogP contribution in [0.25, 0.3) is 0 Å². The molecule has 1 aromatic heterocycles. The lowest BCUT2D eigenvalue weighted by Gasteiger charge is -2.13. The van der Waals surface area contributed by atoms with Crippen LogP contribution in [0.3, 0.4) is 0 Å². The minimum Gasteiger partial charge on any atom is -0.480 e. The molecule has 1 unspecified atom stereocenters. The molecule has 7 heteroatoms. The van der Waals surface area contributed by atoms with E-state index in [2.05, 4.69) is 15.5 Å². The summed E-state index contributed by atoms with van der Waals surface area (Å²) in [5.41, 5.74) is 0. The Morgan fingerprint density at radius 3 is 2.65 bits per heavy atom. The van der Waals surface area contributed by atoms with E-state index in [1.165, 1.54) is 12.8 Å². The Labute approximate surface area is 134 Å². The highest BCUT2D eigenvalue weighted by atomic mass is 16.5. The molecule has 1 heterocycles. The summed E-state index contributed by atoms with van der Waals surface area (Å²) in [6.07, 6.45) is 7.76. The summed E-state index contributed by atoms with van der Waals surface area (Å²) in [5.74, 6) is 0.786. The Morgan fingerprint density at radius 1 is 1.26 bits per heavy atom. The lowest BCUT2D eigenvalue weighted by Crippen LogP contribution is -2.41. The van der Waals surface area contributed by atoms with Crippen molar-refractivity contribution in [2.45, 2.75) is 69.7 Å². The van der Waals surface area contributed by atoms with Crippen LogP contribution in [0.4, 0.5) is 0 Å². The van der Waals surface area contributed by atoms with Crippen LogP contribution in [0.2, 0.25) is 0 Å². The van der Waals surface area contributed by atoms with E-state index in [1.54, 1.807) is 0 Å². The van der Waals surface area contributed by atoms with E-state index in [9.17, 15) is 9.59 Å². The highest BCUT2D eigenvalue weighted by molar-refractivity contribution is 5.83. The Morgan fingerprint density at radius 2 is 2.00 bits per heavy atom. The molecule has 2 fully saturated rings. The second-order valence-electron chi connectivity index (χ2n) is 6.67. The third-order valence-electron chi connectivity index (χ3n) is 4.67. The number of carboxylic acid groups (broad SMARTS) is 1. The van der Waals surface area contributed by atoms with Gasteiger partial charge in [-0.25, -0.2) is 4.79 Å². The summed E-state index contributed by atoms with van der Waals surface area (Å²) in [6, 6.07) is -0.785. The molecule has 0 spiro atoms. The average molecular weight is 321 g/mol. The fourth-order valence-electron chi connectivity index (χ4n) is 3.11. The summed E-state index contributed by atoms with van der Waals surface area (Å²) >= 11 is 0. The van der Waals surface area contributed by atoms with E-state index < -0.39 is 12.0 Å². The molecule has 2 N–H and O–H groups in total. The number of carbonyl (C=O) groups excluding carboxylic acids is 1. The summed E-state index contributed by atoms with van der Waals surface area (Å²) in [4.78, 5) is 27.5. The average Bonchev–Trinajstić information content (AvgIpc) is 3.02. The summed E-state index contributed by atoms with van der Waals surface area (Å²) < 4.78 is 5.20. The number of amides is 1. The molecule has 2 aliphatic rings. The van der Waals surface area contributed by atoms with Gasteiger partial charge >= 0.3 is 5.97 Å². The second kappa shape index (κ2) is 7.10. The highest BCUT2D eigenvalue weighted by Crippen LogP contribution is 2.33. The molecule has 23 heavy (non-hydrogen) atoms. The number of nitrogens with one attached hydrogen (secondary N) is 1. The highest BCUT2D eigenvalue weighted by Gasteiger charge is 2.30. The Kier molecular flexibility index (Phi) is 4.93. The van der Waals surface area contributed by atoms with E-state index >= 15 is 0 Å². The van der Waals surface area contributed by atoms with Gasteiger partial charge in [0.15, 0.2) is 5.82 Å². The van der Waals surface area contributed by atoms with Gasteiger partial charge in [0.05, 0.1) is 0 Å². The number of carboxylic acids is 1. The van der Waals surface area contributed by atoms with Crippen molar-refractivity contribution in [3.63, 3.8) is 0 Å². The van der Waals surface area contributed by atoms with E-state index in [0.717, 1.165) is 31.5 Å². The smallest absolute Gasteiger partial charge is 0.326 e. The SMILES string of the molecule is O=C(CCc1nc(C2CCCC2)no1)NC(CC1CC1)C(=O)O. The van der Waals surface area contributed by atoms with E-state index in [1.807, 2.05) is 0 Å². The molecule has 2 aliphatic carbocycles. The minimum absolute atomic E-state index is 0.167. The summed E-state index contributed by atoms with van der Waals surface area (Å²) in [7, 11) is 0. The van der Waals surface area contributed by atoms with Crippen LogP contribution >= 0.6 is 0 Å². The minimum atomic E-state index is -0.966. The Bertz CT molecular complexity index is 561. The normalized spacial score (nSPS) is 19.7. The monoisotopic (exact) mass is 321 g/mol. The van der Waals surface area contributed by atoms with Crippen LogP contribution in [-0.2, 0) is 16.0 Å². The van der Waals surface area contributed by atoms with Crippen molar-refractivity contribution < 1.29 is 19.2 Å². The molecule has 2 saturated carbocycles. The maximum atomic E-state index is 11.9. The Hall–Kier alpha value is -1.92. The second-order valence-corrected chi connectivity index (χ2v) is 6.67. The van der Waals surface area contributed by atoms with Gasteiger partial charge in [-0.05, 0) is 25.2 Å². The molecule has 7 nitrogen and oxygen atoms in total. The van der Waals surface area contributed by atoms with Crippen molar-refractivity contribution in [3.8, 4) is 0 Å². The number of hydrogen-bond acceptors (Lipinski definition) is 5.